The number of nitrogens with zero attached hydrogens (tertiary/aromatic N) is 2. The van der Waals surface area contributed by atoms with Crippen LogP contribution >= 0.6 is 0 Å². The number of hydrogen-bond acceptors (Lipinski definition) is 5. The smallest absolute Gasteiger partial charge is 0.253 e. The molecule has 0 atom stereocenters. The van der Waals surface area contributed by atoms with Crippen LogP contribution in [0.4, 0.5) is 10.1 Å². The number of nitrogens with one attached hydrogen (secondary N) is 1. The van der Waals surface area contributed by atoms with Crippen molar-refractivity contribution in [2.24, 2.45) is 0 Å². The first-order chi connectivity index (χ1) is 16.4. The molecule has 0 radical (unpaired) electrons. The number of sulfonamides is 1. The van der Waals surface area contributed by atoms with Crippen LogP contribution in [0.5, 0.6) is 5.75 Å². The molecule has 1 saturated heterocycles. The van der Waals surface area contributed by atoms with Crippen LogP contribution in [-0.2, 0) is 16.6 Å². The molecule has 0 aliphatic carbocycles. The summed E-state index contributed by atoms with van der Waals surface area (Å²) in [5.41, 5.74) is 1.81. The van der Waals surface area contributed by atoms with Gasteiger partial charge in [-0.15, -0.1) is 0 Å². The average Bonchev–Trinajstić information content (AvgIpc) is 2.88. The van der Waals surface area contributed by atoms with Gasteiger partial charge >= 0.3 is 0 Å². The van der Waals surface area contributed by atoms with E-state index in [0.29, 0.717) is 43.2 Å². The number of methoxy groups -OCH3 is 1. The van der Waals surface area contributed by atoms with Crippen LogP contribution in [0.1, 0.15) is 15.9 Å². The first kappa shape index (κ1) is 23.7. The summed E-state index contributed by atoms with van der Waals surface area (Å²) in [5, 5.41) is 0. The van der Waals surface area contributed by atoms with Crippen molar-refractivity contribution < 1.29 is 22.3 Å². The highest BCUT2D eigenvalue weighted by atomic mass is 32.2. The van der Waals surface area contributed by atoms with E-state index in [2.05, 4.69) is 4.72 Å². The molecule has 9 heteroatoms. The molecule has 1 amide bonds. The number of piperazine rings is 1. The van der Waals surface area contributed by atoms with Gasteiger partial charge in [-0.1, -0.05) is 30.3 Å². The van der Waals surface area contributed by atoms with Crippen molar-refractivity contribution in [3.8, 4) is 5.75 Å². The van der Waals surface area contributed by atoms with Crippen molar-refractivity contribution in [2.75, 3.05) is 38.2 Å². The molecule has 1 aliphatic heterocycles. The van der Waals surface area contributed by atoms with E-state index in [1.165, 1.54) is 25.3 Å². The molecule has 0 bridgehead atoms. The molecule has 34 heavy (non-hydrogen) atoms. The number of amides is 1. The lowest BCUT2D eigenvalue weighted by Crippen LogP contribution is -2.49. The number of carbonyl (C=O) groups is 1. The summed E-state index contributed by atoms with van der Waals surface area (Å²) in [6.45, 7) is 2.19. The maximum absolute atomic E-state index is 14.0. The summed E-state index contributed by atoms with van der Waals surface area (Å²) in [7, 11) is -2.23. The van der Waals surface area contributed by atoms with Crippen molar-refractivity contribution >= 4 is 21.6 Å². The van der Waals surface area contributed by atoms with E-state index in [0.717, 1.165) is 5.56 Å². The molecule has 3 aromatic rings. The standard InChI is InChI=1S/C25H26FN3O4S/c1-33-21-5-4-6-22(17-21)34(31,32)27-18-19-9-11-20(12-10-19)25(30)29-15-13-28(14-16-29)24-8-3-2-7-23(24)26/h2-12,17,27H,13-16,18H2,1H3. The van der Waals surface area contributed by atoms with Crippen LogP contribution in [0.3, 0.4) is 0 Å². The zero-order chi connectivity index (χ0) is 24.1. The number of rotatable bonds is 7. The Labute approximate surface area is 198 Å². The second-order valence-electron chi connectivity index (χ2n) is 7.93. The molecule has 0 aromatic heterocycles. The zero-order valence-electron chi connectivity index (χ0n) is 18.8. The van der Waals surface area contributed by atoms with E-state index in [9.17, 15) is 17.6 Å². The topological polar surface area (TPSA) is 78.9 Å². The quantitative estimate of drug-likeness (QED) is 0.558. The minimum atomic E-state index is -3.70. The summed E-state index contributed by atoms with van der Waals surface area (Å²) >= 11 is 0. The molecule has 3 aromatic carbocycles. The van der Waals surface area contributed by atoms with Gasteiger partial charge in [-0.2, -0.15) is 0 Å². The van der Waals surface area contributed by atoms with Gasteiger partial charge in [0, 0.05) is 44.4 Å². The second kappa shape index (κ2) is 10.2. The Morgan fingerprint density at radius 2 is 1.68 bits per heavy atom. The van der Waals surface area contributed by atoms with Gasteiger partial charge in [0.15, 0.2) is 0 Å². The SMILES string of the molecule is COc1cccc(S(=O)(=O)NCc2ccc(C(=O)N3CCN(c4ccccc4F)CC3)cc2)c1. The van der Waals surface area contributed by atoms with Crippen molar-refractivity contribution in [3.63, 3.8) is 0 Å². The number of carbonyl (C=O) groups excluding carboxylic acids is 1. The molecule has 1 fully saturated rings. The number of para-hydroxylation sites is 1. The number of ether oxygens (including phenoxy) is 1. The van der Waals surface area contributed by atoms with Crippen LogP contribution in [-0.4, -0.2) is 52.5 Å². The van der Waals surface area contributed by atoms with E-state index in [1.807, 2.05) is 4.90 Å². The predicted octanol–water partition coefficient (Wildman–Crippen LogP) is 3.28. The van der Waals surface area contributed by atoms with Crippen LogP contribution in [0, 0.1) is 5.82 Å². The van der Waals surface area contributed by atoms with Gasteiger partial charge in [0.05, 0.1) is 17.7 Å². The Kier molecular flexibility index (Phi) is 7.14. The van der Waals surface area contributed by atoms with Crippen molar-refractivity contribution in [2.45, 2.75) is 11.4 Å². The van der Waals surface area contributed by atoms with E-state index in [4.69, 9.17) is 4.74 Å². The fourth-order valence-corrected chi connectivity index (χ4v) is 4.89. The molecule has 1 N–H and O–H groups in total. The third kappa shape index (κ3) is 5.37. The molecule has 7 nitrogen and oxygen atoms in total. The first-order valence-corrected chi connectivity index (χ1v) is 12.4. The van der Waals surface area contributed by atoms with Crippen LogP contribution in [0.25, 0.3) is 0 Å². The van der Waals surface area contributed by atoms with E-state index >= 15 is 0 Å². The Morgan fingerprint density at radius 3 is 2.35 bits per heavy atom. The number of hydrogen-bond donors (Lipinski definition) is 1. The molecule has 178 valence electrons. The zero-order valence-corrected chi connectivity index (χ0v) is 19.6. The predicted molar refractivity (Wildman–Crippen MR) is 128 cm³/mol. The number of halogens is 1. The van der Waals surface area contributed by atoms with Crippen molar-refractivity contribution in [1.82, 2.24) is 9.62 Å². The van der Waals surface area contributed by atoms with Gasteiger partial charge in [-0.05, 0) is 42.0 Å². The lowest BCUT2D eigenvalue weighted by atomic mass is 10.1. The largest absolute Gasteiger partial charge is 0.497 e. The molecular formula is C25H26FN3O4S. The van der Waals surface area contributed by atoms with E-state index in [1.54, 1.807) is 59.5 Å². The molecule has 0 saturated carbocycles. The van der Waals surface area contributed by atoms with E-state index < -0.39 is 10.0 Å². The molecular weight excluding hydrogens is 457 g/mol. The second-order valence-corrected chi connectivity index (χ2v) is 9.70. The normalized spacial score (nSPS) is 14.2. The lowest BCUT2D eigenvalue weighted by Gasteiger charge is -2.36. The van der Waals surface area contributed by atoms with Crippen LogP contribution in [0.15, 0.2) is 77.7 Å². The highest BCUT2D eigenvalue weighted by molar-refractivity contribution is 7.89. The maximum Gasteiger partial charge on any atom is 0.253 e. The summed E-state index contributed by atoms with van der Waals surface area (Å²) in [6, 6.07) is 19.7. The lowest BCUT2D eigenvalue weighted by molar-refractivity contribution is 0.0746. The van der Waals surface area contributed by atoms with Gasteiger partial charge in [-0.3, -0.25) is 4.79 Å². The summed E-state index contributed by atoms with van der Waals surface area (Å²) in [5.74, 6) is 0.0945. The van der Waals surface area contributed by atoms with Crippen LogP contribution in [0.2, 0.25) is 0 Å². The average molecular weight is 484 g/mol. The molecule has 1 aliphatic rings. The highest BCUT2D eigenvalue weighted by Crippen LogP contribution is 2.21. The Balaban J connectivity index is 1.33. The number of anilines is 1. The Hall–Kier alpha value is -3.43. The van der Waals surface area contributed by atoms with Gasteiger partial charge in [-0.25, -0.2) is 17.5 Å². The van der Waals surface area contributed by atoms with Gasteiger partial charge in [0.2, 0.25) is 10.0 Å². The fraction of sp³-hybridized carbons (Fsp3) is 0.240. The van der Waals surface area contributed by atoms with Gasteiger partial charge in [0.1, 0.15) is 11.6 Å². The first-order valence-electron chi connectivity index (χ1n) is 10.9. The third-order valence-corrected chi connectivity index (χ3v) is 7.18. The monoisotopic (exact) mass is 483 g/mol. The minimum Gasteiger partial charge on any atom is -0.497 e. The van der Waals surface area contributed by atoms with Crippen molar-refractivity contribution in [1.29, 1.82) is 0 Å². The molecule has 1 heterocycles. The molecule has 0 unspecified atom stereocenters. The summed E-state index contributed by atoms with van der Waals surface area (Å²) in [4.78, 5) is 16.7. The molecule has 0 spiro atoms. The minimum absolute atomic E-state index is 0.0926. The third-order valence-electron chi connectivity index (χ3n) is 5.78. The van der Waals surface area contributed by atoms with E-state index in [-0.39, 0.29) is 23.2 Å². The molecule has 4 rings (SSSR count). The van der Waals surface area contributed by atoms with Gasteiger partial charge < -0.3 is 14.5 Å². The fourth-order valence-electron chi connectivity index (χ4n) is 3.84. The van der Waals surface area contributed by atoms with Crippen molar-refractivity contribution in [3.05, 3.63) is 89.7 Å². The summed E-state index contributed by atoms with van der Waals surface area (Å²) in [6.07, 6.45) is 0. The van der Waals surface area contributed by atoms with Crippen LogP contribution < -0.4 is 14.4 Å². The Bertz CT molecular complexity index is 1260. The summed E-state index contributed by atoms with van der Waals surface area (Å²) < 4.78 is 46.8. The Morgan fingerprint density at radius 1 is 0.971 bits per heavy atom. The number of benzene rings is 3. The van der Waals surface area contributed by atoms with Gasteiger partial charge in [0.25, 0.3) is 5.91 Å². The maximum atomic E-state index is 14.0. The highest BCUT2D eigenvalue weighted by Gasteiger charge is 2.23.